The lowest BCUT2D eigenvalue weighted by molar-refractivity contribution is 0.412. The number of hydrogen-bond acceptors (Lipinski definition) is 4. The van der Waals surface area contributed by atoms with Crippen molar-refractivity contribution >= 4 is 16.6 Å². The number of methoxy groups -OCH3 is 1. The second kappa shape index (κ2) is 6.14. The van der Waals surface area contributed by atoms with Gasteiger partial charge in [0, 0.05) is 24.7 Å². The zero-order valence-electron chi connectivity index (χ0n) is 15.3. The molecule has 1 atom stereocenters. The SMILES string of the molecule is C[CH][C@@H]1CCN(c2c(F)c(C)c3c(=O)[nH]c(=O)n(C4CC4)c3c2OC)C1. The number of ether oxygens (including phenoxy) is 1. The number of anilines is 1. The van der Waals surface area contributed by atoms with Gasteiger partial charge in [0.05, 0.1) is 12.5 Å². The van der Waals surface area contributed by atoms with Gasteiger partial charge in [0.2, 0.25) is 0 Å². The summed E-state index contributed by atoms with van der Waals surface area (Å²) in [5.41, 5.74) is 0.0176. The van der Waals surface area contributed by atoms with Crippen LogP contribution in [0.3, 0.4) is 0 Å². The molecule has 1 saturated heterocycles. The van der Waals surface area contributed by atoms with Crippen LogP contribution in [-0.4, -0.2) is 29.8 Å². The van der Waals surface area contributed by atoms with Crippen LogP contribution in [0.25, 0.3) is 10.9 Å². The number of fused-ring (bicyclic) bond motifs is 1. The highest BCUT2D eigenvalue weighted by Gasteiger charge is 2.34. The van der Waals surface area contributed by atoms with E-state index in [0.717, 1.165) is 19.3 Å². The highest BCUT2D eigenvalue weighted by atomic mass is 19.1. The molecule has 2 aromatic rings. The quantitative estimate of drug-likeness (QED) is 0.910. The van der Waals surface area contributed by atoms with Crippen molar-refractivity contribution in [1.29, 1.82) is 0 Å². The molecule has 0 spiro atoms. The van der Waals surface area contributed by atoms with Gasteiger partial charge in [-0.05, 0) is 38.5 Å². The van der Waals surface area contributed by atoms with Crippen molar-refractivity contribution in [2.75, 3.05) is 25.1 Å². The normalized spacial score (nSPS) is 20.2. The zero-order valence-corrected chi connectivity index (χ0v) is 15.3. The monoisotopic (exact) mass is 360 g/mol. The molecule has 0 amide bonds. The number of aromatic amines is 1. The molecule has 1 N–H and O–H groups in total. The smallest absolute Gasteiger partial charge is 0.329 e. The number of aryl methyl sites for hydroxylation is 1. The van der Waals surface area contributed by atoms with Gasteiger partial charge in [0.15, 0.2) is 11.6 Å². The van der Waals surface area contributed by atoms with E-state index in [2.05, 4.69) is 11.4 Å². The lowest BCUT2D eigenvalue weighted by Gasteiger charge is -2.25. The van der Waals surface area contributed by atoms with Crippen LogP contribution in [-0.2, 0) is 0 Å². The lowest BCUT2D eigenvalue weighted by Crippen LogP contribution is -2.31. The van der Waals surface area contributed by atoms with Gasteiger partial charge in [-0.1, -0.05) is 6.92 Å². The number of nitrogens with one attached hydrogen (secondary N) is 1. The second-order valence-electron chi connectivity index (χ2n) is 7.23. The van der Waals surface area contributed by atoms with Crippen LogP contribution in [0.15, 0.2) is 9.59 Å². The van der Waals surface area contributed by atoms with Gasteiger partial charge in [-0.2, -0.15) is 0 Å². The van der Waals surface area contributed by atoms with Crippen molar-refractivity contribution in [3.8, 4) is 5.75 Å². The van der Waals surface area contributed by atoms with Gasteiger partial charge < -0.3 is 9.64 Å². The first kappa shape index (κ1) is 17.1. The van der Waals surface area contributed by atoms with Crippen molar-refractivity contribution in [2.45, 2.75) is 39.2 Å². The summed E-state index contributed by atoms with van der Waals surface area (Å²) in [5.74, 6) is 0.229. The summed E-state index contributed by atoms with van der Waals surface area (Å²) >= 11 is 0. The van der Waals surface area contributed by atoms with Crippen molar-refractivity contribution in [3.63, 3.8) is 0 Å². The topological polar surface area (TPSA) is 67.3 Å². The predicted octanol–water partition coefficient (Wildman–Crippen LogP) is 2.53. The standard InChI is InChI=1S/C19H23FN3O3/c1-4-11-7-8-22(9-11)16-14(20)10(2)13-15(17(16)26-3)23(12-5-6-12)19(25)21-18(13)24/h4,11-12H,5-9H2,1-3H3,(H,21,24,25)/t11-/m1/s1. The molecule has 1 aromatic heterocycles. The average molecular weight is 360 g/mol. The number of benzene rings is 1. The van der Waals surface area contributed by atoms with Crippen LogP contribution in [0.5, 0.6) is 5.75 Å². The van der Waals surface area contributed by atoms with E-state index in [4.69, 9.17) is 4.74 Å². The molecule has 1 aliphatic heterocycles. The molecule has 2 heterocycles. The molecule has 2 aliphatic rings. The van der Waals surface area contributed by atoms with Crippen LogP contribution in [0.1, 0.15) is 37.8 Å². The van der Waals surface area contributed by atoms with Gasteiger partial charge in [0.1, 0.15) is 11.2 Å². The molecule has 4 rings (SSSR count). The van der Waals surface area contributed by atoms with E-state index < -0.39 is 17.1 Å². The molecule has 6 nitrogen and oxygen atoms in total. The summed E-state index contributed by atoms with van der Waals surface area (Å²) in [5, 5.41) is 0.201. The Morgan fingerprint density at radius 2 is 2.00 bits per heavy atom. The summed E-state index contributed by atoms with van der Waals surface area (Å²) < 4.78 is 22.5. The predicted molar refractivity (Wildman–Crippen MR) is 98.6 cm³/mol. The van der Waals surface area contributed by atoms with E-state index in [0.29, 0.717) is 30.2 Å². The van der Waals surface area contributed by atoms with E-state index in [9.17, 15) is 9.59 Å². The van der Waals surface area contributed by atoms with Crippen LogP contribution in [0, 0.1) is 25.1 Å². The third kappa shape index (κ3) is 2.44. The molecule has 1 aliphatic carbocycles. The van der Waals surface area contributed by atoms with Crippen LogP contribution < -0.4 is 20.9 Å². The maximum atomic E-state index is 15.3. The zero-order chi connectivity index (χ0) is 18.6. The average Bonchev–Trinajstić information content (AvgIpc) is 3.33. The third-order valence-electron chi connectivity index (χ3n) is 5.61. The minimum atomic E-state index is -0.565. The molecule has 0 unspecified atom stereocenters. The molecule has 7 heteroatoms. The fourth-order valence-electron chi connectivity index (χ4n) is 4.04. The van der Waals surface area contributed by atoms with Crippen LogP contribution in [0.2, 0.25) is 0 Å². The maximum absolute atomic E-state index is 15.3. The Morgan fingerprint density at radius 3 is 2.58 bits per heavy atom. The van der Waals surface area contributed by atoms with Gasteiger partial charge >= 0.3 is 5.69 Å². The molecular weight excluding hydrogens is 337 g/mol. The molecule has 139 valence electrons. The van der Waals surface area contributed by atoms with E-state index in [1.807, 2.05) is 11.8 Å². The van der Waals surface area contributed by atoms with Gasteiger partial charge in [-0.3, -0.25) is 14.3 Å². The Bertz CT molecular complexity index is 990. The Morgan fingerprint density at radius 1 is 1.27 bits per heavy atom. The summed E-state index contributed by atoms with van der Waals surface area (Å²) in [7, 11) is 1.47. The second-order valence-corrected chi connectivity index (χ2v) is 7.23. The van der Waals surface area contributed by atoms with Crippen molar-refractivity contribution in [3.05, 3.63) is 38.6 Å². The van der Waals surface area contributed by atoms with Gasteiger partial charge in [-0.25, -0.2) is 9.18 Å². The highest BCUT2D eigenvalue weighted by molar-refractivity contribution is 5.93. The fourth-order valence-corrected chi connectivity index (χ4v) is 4.04. The largest absolute Gasteiger partial charge is 0.492 e. The Labute approximate surface area is 150 Å². The Balaban J connectivity index is 2.07. The highest BCUT2D eigenvalue weighted by Crippen LogP contribution is 2.44. The molecule has 1 aromatic carbocycles. The number of aromatic nitrogens is 2. The molecule has 0 bridgehead atoms. The molecular formula is C19H23FN3O3. The number of rotatable bonds is 4. The van der Waals surface area contributed by atoms with Crippen molar-refractivity contribution < 1.29 is 9.13 Å². The van der Waals surface area contributed by atoms with E-state index in [1.54, 1.807) is 11.5 Å². The van der Waals surface area contributed by atoms with E-state index in [-0.39, 0.29) is 22.7 Å². The lowest BCUT2D eigenvalue weighted by atomic mass is 10.1. The molecule has 1 radical (unpaired) electrons. The number of H-pyrrole nitrogens is 1. The van der Waals surface area contributed by atoms with Gasteiger partial charge in [-0.15, -0.1) is 0 Å². The maximum Gasteiger partial charge on any atom is 0.329 e. The summed E-state index contributed by atoms with van der Waals surface area (Å²) in [6.45, 7) is 5.02. The fraction of sp³-hybridized carbons (Fsp3) is 0.526. The van der Waals surface area contributed by atoms with Crippen molar-refractivity contribution in [1.82, 2.24) is 9.55 Å². The first-order valence-electron chi connectivity index (χ1n) is 9.06. The minimum Gasteiger partial charge on any atom is -0.492 e. The number of hydrogen-bond donors (Lipinski definition) is 1. The Kier molecular flexibility index (Phi) is 4.04. The van der Waals surface area contributed by atoms with E-state index >= 15 is 4.39 Å². The van der Waals surface area contributed by atoms with Crippen molar-refractivity contribution in [2.24, 2.45) is 5.92 Å². The molecule has 26 heavy (non-hydrogen) atoms. The number of halogens is 1. The third-order valence-corrected chi connectivity index (χ3v) is 5.61. The summed E-state index contributed by atoms with van der Waals surface area (Å²) in [4.78, 5) is 29.2. The van der Waals surface area contributed by atoms with Gasteiger partial charge in [0.25, 0.3) is 5.56 Å². The molecule has 1 saturated carbocycles. The first-order chi connectivity index (χ1) is 12.5. The summed E-state index contributed by atoms with van der Waals surface area (Å²) in [6, 6.07) is 0.0313. The minimum absolute atomic E-state index is 0.0313. The summed E-state index contributed by atoms with van der Waals surface area (Å²) in [6.07, 6.45) is 4.81. The first-order valence-corrected chi connectivity index (χ1v) is 9.06. The van der Waals surface area contributed by atoms with Crippen LogP contribution in [0.4, 0.5) is 10.1 Å². The molecule has 2 fully saturated rings. The van der Waals surface area contributed by atoms with E-state index in [1.165, 1.54) is 7.11 Å². The Hall–Kier alpha value is -2.31. The van der Waals surface area contributed by atoms with Crippen LogP contribution >= 0.6 is 0 Å². The number of nitrogens with zero attached hydrogens (tertiary/aromatic N) is 2.